The second-order valence-corrected chi connectivity index (χ2v) is 7.10. The molecule has 5 heteroatoms. The van der Waals surface area contributed by atoms with Crippen LogP contribution in [0, 0.1) is 20.8 Å². The zero-order valence-electron chi connectivity index (χ0n) is 14.1. The van der Waals surface area contributed by atoms with Crippen LogP contribution in [0.4, 0.5) is 0 Å². The molecule has 0 saturated carbocycles. The number of hydrogen-bond acceptors (Lipinski definition) is 4. The molecular formula is C18H23N3OS. The van der Waals surface area contributed by atoms with Crippen LogP contribution in [0.15, 0.2) is 35.2 Å². The molecule has 0 aliphatic carbocycles. The number of amides is 1. The molecule has 0 fully saturated rings. The molecule has 1 atom stereocenters. The summed E-state index contributed by atoms with van der Waals surface area (Å²) >= 11 is 1.57. The van der Waals surface area contributed by atoms with Crippen LogP contribution in [-0.4, -0.2) is 27.7 Å². The van der Waals surface area contributed by atoms with Gasteiger partial charge in [0.05, 0.1) is 5.25 Å². The monoisotopic (exact) mass is 329 g/mol. The molecule has 1 amide bonds. The van der Waals surface area contributed by atoms with E-state index in [0.29, 0.717) is 13.0 Å². The van der Waals surface area contributed by atoms with Gasteiger partial charge in [-0.15, -0.1) is 11.8 Å². The van der Waals surface area contributed by atoms with Crippen molar-refractivity contribution in [3.05, 3.63) is 53.1 Å². The van der Waals surface area contributed by atoms with Crippen LogP contribution in [0.25, 0.3) is 0 Å². The predicted octanol–water partition coefficient (Wildman–Crippen LogP) is 3.24. The van der Waals surface area contributed by atoms with Gasteiger partial charge in [0.2, 0.25) is 5.91 Å². The van der Waals surface area contributed by atoms with Crippen LogP contribution < -0.4 is 5.32 Å². The van der Waals surface area contributed by atoms with Crippen LogP contribution in [-0.2, 0) is 11.2 Å². The number of hydrogen-bond donors (Lipinski definition) is 1. The van der Waals surface area contributed by atoms with Gasteiger partial charge in [0.15, 0.2) is 0 Å². The largest absolute Gasteiger partial charge is 0.355 e. The molecule has 2 aromatic rings. The van der Waals surface area contributed by atoms with E-state index in [2.05, 4.69) is 34.3 Å². The zero-order valence-corrected chi connectivity index (χ0v) is 14.9. The minimum atomic E-state index is -0.127. The molecule has 2 rings (SSSR count). The van der Waals surface area contributed by atoms with Gasteiger partial charge in [-0.3, -0.25) is 4.79 Å². The fraction of sp³-hybridized carbons (Fsp3) is 0.389. The topological polar surface area (TPSA) is 54.9 Å². The molecule has 23 heavy (non-hydrogen) atoms. The Kier molecular flexibility index (Phi) is 6.16. The number of nitrogens with one attached hydrogen (secondary N) is 1. The Hall–Kier alpha value is -1.88. The lowest BCUT2D eigenvalue weighted by molar-refractivity contribution is -0.120. The van der Waals surface area contributed by atoms with Gasteiger partial charge in [0.25, 0.3) is 0 Å². The summed E-state index contributed by atoms with van der Waals surface area (Å²) in [6, 6.07) is 10.2. The average molecular weight is 329 g/mol. The summed E-state index contributed by atoms with van der Waals surface area (Å²) in [7, 11) is 0. The highest BCUT2D eigenvalue weighted by Crippen LogP contribution is 2.23. The Bertz CT molecular complexity index is 650. The fourth-order valence-electron chi connectivity index (χ4n) is 2.23. The van der Waals surface area contributed by atoms with Crippen molar-refractivity contribution < 1.29 is 4.79 Å². The van der Waals surface area contributed by atoms with E-state index in [-0.39, 0.29) is 11.2 Å². The molecule has 122 valence electrons. The molecule has 1 heterocycles. The number of benzene rings is 1. The van der Waals surface area contributed by atoms with Crippen molar-refractivity contribution in [3.8, 4) is 0 Å². The quantitative estimate of drug-likeness (QED) is 0.827. The normalized spacial score (nSPS) is 12.0. The third-order valence-corrected chi connectivity index (χ3v) is 4.49. The van der Waals surface area contributed by atoms with E-state index in [1.54, 1.807) is 11.8 Å². The lowest BCUT2D eigenvalue weighted by Gasteiger charge is -2.12. The summed E-state index contributed by atoms with van der Waals surface area (Å²) in [6.07, 6.45) is 0.649. The van der Waals surface area contributed by atoms with E-state index < -0.39 is 0 Å². The van der Waals surface area contributed by atoms with Crippen LogP contribution in [0.3, 0.4) is 0 Å². The highest BCUT2D eigenvalue weighted by atomic mass is 32.2. The van der Waals surface area contributed by atoms with Crippen molar-refractivity contribution in [1.29, 1.82) is 0 Å². The SMILES string of the molecule is Cc1ccc(SC(C)C(=O)NCCc2nc(C)cc(C)n2)cc1. The first-order valence-corrected chi connectivity index (χ1v) is 8.64. The first-order valence-electron chi connectivity index (χ1n) is 7.76. The van der Waals surface area contributed by atoms with Gasteiger partial charge in [-0.1, -0.05) is 17.7 Å². The van der Waals surface area contributed by atoms with Gasteiger partial charge in [-0.25, -0.2) is 9.97 Å². The maximum atomic E-state index is 12.2. The van der Waals surface area contributed by atoms with Gasteiger partial charge in [0, 0.05) is 29.2 Å². The summed E-state index contributed by atoms with van der Waals surface area (Å²) in [5, 5.41) is 2.83. The Morgan fingerprint density at radius 2 is 1.74 bits per heavy atom. The molecule has 1 aromatic heterocycles. The second-order valence-electron chi connectivity index (χ2n) is 5.68. The molecule has 0 aliphatic heterocycles. The minimum Gasteiger partial charge on any atom is -0.355 e. The van der Waals surface area contributed by atoms with E-state index in [4.69, 9.17) is 0 Å². The van der Waals surface area contributed by atoms with Crippen molar-refractivity contribution in [2.75, 3.05) is 6.54 Å². The van der Waals surface area contributed by atoms with Crippen LogP contribution in [0.2, 0.25) is 0 Å². The smallest absolute Gasteiger partial charge is 0.233 e. The maximum absolute atomic E-state index is 12.2. The number of nitrogens with zero attached hydrogens (tertiary/aromatic N) is 2. The van der Waals surface area contributed by atoms with Crippen LogP contribution in [0.5, 0.6) is 0 Å². The Morgan fingerprint density at radius 3 is 2.35 bits per heavy atom. The van der Waals surface area contributed by atoms with Gasteiger partial charge < -0.3 is 5.32 Å². The summed E-state index contributed by atoms with van der Waals surface area (Å²) in [6.45, 7) is 8.45. The molecule has 0 radical (unpaired) electrons. The third kappa shape index (κ3) is 5.67. The van der Waals surface area contributed by atoms with E-state index in [9.17, 15) is 4.79 Å². The summed E-state index contributed by atoms with van der Waals surface area (Å²) in [4.78, 5) is 22.0. The molecule has 0 spiro atoms. The minimum absolute atomic E-state index is 0.0416. The van der Waals surface area contributed by atoms with Crippen molar-refractivity contribution >= 4 is 17.7 Å². The van der Waals surface area contributed by atoms with E-state index in [1.807, 2.05) is 39.0 Å². The average Bonchev–Trinajstić information content (AvgIpc) is 2.48. The second kappa shape index (κ2) is 8.11. The summed E-state index contributed by atoms with van der Waals surface area (Å²) in [5.74, 6) is 0.821. The van der Waals surface area contributed by atoms with Gasteiger partial charge in [-0.05, 0) is 45.9 Å². The van der Waals surface area contributed by atoms with Gasteiger partial charge in [-0.2, -0.15) is 0 Å². The molecule has 1 N–H and O–H groups in total. The highest BCUT2D eigenvalue weighted by Gasteiger charge is 2.14. The van der Waals surface area contributed by atoms with Gasteiger partial charge in [0.1, 0.15) is 5.82 Å². The standard InChI is InChI=1S/C18H23N3OS/c1-12-5-7-16(8-6-12)23-15(4)18(22)19-10-9-17-20-13(2)11-14(3)21-17/h5-8,11,15H,9-10H2,1-4H3,(H,19,22). The number of carbonyl (C=O) groups is 1. The Morgan fingerprint density at radius 1 is 1.13 bits per heavy atom. The number of aromatic nitrogens is 2. The molecule has 4 nitrogen and oxygen atoms in total. The number of aryl methyl sites for hydroxylation is 3. The Balaban J connectivity index is 1.80. The number of carbonyl (C=O) groups excluding carboxylic acids is 1. The van der Waals surface area contributed by atoms with Crippen molar-refractivity contribution in [2.24, 2.45) is 0 Å². The first-order chi connectivity index (χ1) is 10.9. The predicted molar refractivity (Wildman–Crippen MR) is 94.7 cm³/mol. The molecule has 0 saturated heterocycles. The number of thioether (sulfide) groups is 1. The Labute approximate surface area is 142 Å². The lowest BCUT2D eigenvalue weighted by atomic mass is 10.2. The van der Waals surface area contributed by atoms with E-state index in [1.165, 1.54) is 5.56 Å². The molecule has 0 bridgehead atoms. The summed E-state index contributed by atoms with van der Waals surface area (Å²) < 4.78 is 0. The highest BCUT2D eigenvalue weighted by molar-refractivity contribution is 8.00. The number of rotatable bonds is 6. The first kappa shape index (κ1) is 17.5. The third-order valence-electron chi connectivity index (χ3n) is 3.38. The van der Waals surface area contributed by atoms with Gasteiger partial charge >= 0.3 is 0 Å². The summed E-state index contributed by atoms with van der Waals surface area (Å²) in [5.41, 5.74) is 3.14. The van der Waals surface area contributed by atoms with Crippen LogP contribution in [0.1, 0.15) is 29.7 Å². The van der Waals surface area contributed by atoms with E-state index in [0.717, 1.165) is 22.1 Å². The lowest BCUT2D eigenvalue weighted by Crippen LogP contribution is -2.32. The molecular weight excluding hydrogens is 306 g/mol. The maximum Gasteiger partial charge on any atom is 0.233 e. The molecule has 1 unspecified atom stereocenters. The fourth-order valence-corrected chi connectivity index (χ4v) is 3.12. The van der Waals surface area contributed by atoms with Crippen molar-refractivity contribution in [2.45, 2.75) is 44.3 Å². The zero-order chi connectivity index (χ0) is 16.8. The molecule has 1 aromatic carbocycles. The van der Waals surface area contributed by atoms with E-state index >= 15 is 0 Å². The van der Waals surface area contributed by atoms with Crippen LogP contribution >= 0.6 is 11.8 Å². The van der Waals surface area contributed by atoms with Crippen molar-refractivity contribution in [1.82, 2.24) is 15.3 Å². The molecule has 0 aliphatic rings. The van der Waals surface area contributed by atoms with Crippen molar-refractivity contribution in [3.63, 3.8) is 0 Å².